The van der Waals surface area contributed by atoms with Crippen molar-refractivity contribution in [3.8, 4) is 0 Å². The van der Waals surface area contributed by atoms with Crippen molar-refractivity contribution in [1.29, 1.82) is 0 Å². The van der Waals surface area contributed by atoms with Crippen LogP contribution >= 0.6 is 0 Å². The third-order valence-electron chi connectivity index (χ3n) is 1.39. The van der Waals surface area contributed by atoms with Gasteiger partial charge in [-0.1, -0.05) is 0 Å². The topological polar surface area (TPSA) is 79.0 Å². The Morgan fingerprint density at radius 1 is 1.50 bits per heavy atom. The van der Waals surface area contributed by atoms with Gasteiger partial charge in [0.05, 0.1) is 6.20 Å². The van der Waals surface area contributed by atoms with Crippen LogP contribution in [-0.2, 0) is 0 Å². The van der Waals surface area contributed by atoms with Gasteiger partial charge in [0.2, 0.25) is 0 Å². The largest absolute Gasteiger partial charge is 0.227 e. The van der Waals surface area contributed by atoms with Crippen molar-refractivity contribution >= 4 is 11.5 Å². The Labute approximate surface area is 67.1 Å². The van der Waals surface area contributed by atoms with Gasteiger partial charge in [0.15, 0.2) is 5.65 Å². The van der Waals surface area contributed by atoms with Crippen LogP contribution < -0.4 is 0 Å². The van der Waals surface area contributed by atoms with Gasteiger partial charge < -0.3 is 0 Å². The summed E-state index contributed by atoms with van der Waals surface area (Å²) in [5.74, 6) is 0.352. The number of hydrogen-bond donors (Lipinski definition) is 0. The molecule has 2 aromatic heterocycles. The molecular formula is C6H4N6. The Bertz CT molecular complexity index is 452. The summed E-state index contributed by atoms with van der Waals surface area (Å²) in [6.07, 6.45) is 3.31. The Kier molecular flexibility index (Phi) is 1.39. The molecule has 0 bridgehead atoms. The van der Waals surface area contributed by atoms with E-state index in [4.69, 9.17) is 5.53 Å². The van der Waals surface area contributed by atoms with Crippen molar-refractivity contribution in [2.45, 2.75) is 0 Å². The molecule has 0 aliphatic carbocycles. The zero-order valence-corrected chi connectivity index (χ0v) is 5.99. The third kappa shape index (κ3) is 0.959. The third-order valence-corrected chi connectivity index (χ3v) is 1.39. The molecular weight excluding hydrogens is 156 g/mol. The van der Waals surface area contributed by atoms with Gasteiger partial charge in [0, 0.05) is 17.2 Å². The van der Waals surface area contributed by atoms with Crippen LogP contribution in [0.3, 0.4) is 0 Å². The van der Waals surface area contributed by atoms with Crippen LogP contribution in [0.2, 0.25) is 0 Å². The van der Waals surface area contributed by atoms with Crippen molar-refractivity contribution in [2.24, 2.45) is 5.11 Å². The van der Waals surface area contributed by atoms with Crippen LogP contribution in [0.4, 0.5) is 5.82 Å². The second-order valence-corrected chi connectivity index (χ2v) is 2.11. The molecule has 0 saturated carbocycles. The molecule has 0 amide bonds. The number of aromatic nitrogens is 3. The van der Waals surface area contributed by atoms with Crippen molar-refractivity contribution in [3.63, 3.8) is 0 Å². The smallest absolute Gasteiger partial charge is 0.155 e. The number of hydrogen-bond acceptors (Lipinski definition) is 3. The van der Waals surface area contributed by atoms with Crippen LogP contribution in [0.15, 0.2) is 29.6 Å². The Morgan fingerprint density at radius 3 is 3.25 bits per heavy atom. The Hall–Kier alpha value is -2.07. The maximum atomic E-state index is 8.14. The van der Waals surface area contributed by atoms with Crippen molar-refractivity contribution < 1.29 is 0 Å². The van der Waals surface area contributed by atoms with Crippen LogP contribution in [0, 0.1) is 0 Å². The second kappa shape index (κ2) is 2.52. The Morgan fingerprint density at radius 2 is 2.42 bits per heavy atom. The van der Waals surface area contributed by atoms with E-state index in [9.17, 15) is 0 Å². The molecule has 0 saturated heterocycles. The molecule has 0 radical (unpaired) electrons. The Balaban J connectivity index is 2.67. The summed E-state index contributed by atoms with van der Waals surface area (Å²) in [5, 5.41) is 7.30. The van der Waals surface area contributed by atoms with Crippen LogP contribution in [0.1, 0.15) is 0 Å². The standard InChI is InChI=1S/C6H4N6/c7-11-10-5-2-4-12-6(9-5)1-3-8-12/h1-4H. The first-order valence-corrected chi connectivity index (χ1v) is 3.25. The molecule has 0 aliphatic rings. The summed E-state index contributed by atoms with van der Waals surface area (Å²) >= 11 is 0. The molecule has 0 spiro atoms. The van der Waals surface area contributed by atoms with E-state index in [1.54, 1.807) is 29.0 Å². The van der Waals surface area contributed by atoms with Gasteiger partial charge in [-0.25, -0.2) is 9.50 Å². The summed E-state index contributed by atoms with van der Waals surface area (Å²) in [6, 6.07) is 3.33. The second-order valence-electron chi connectivity index (χ2n) is 2.11. The number of nitrogens with zero attached hydrogens (tertiary/aromatic N) is 6. The summed E-state index contributed by atoms with van der Waals surface area (Å²) in [4.78, 5) is 6.63. The molecule has 58 valence electrons. The molecule has 0 unspecified atom stereocenters. The zero-order chi connectivity index (χ0) is 8.39. The molecule has 6 heteroatoms. The normalized spacial score (nSPS) is 9.67. The van der Waals surface area contributed by atoms with Gasteiger partial charge in [-0.05, 0) is 16.7 Å². The summed E-state index contributed by atoms with van der Waals surface area (Å²) < 4.78 is 1.59. The van der Waals surface area contributed by atoms with Crippen LogP contribution in [-0.4, -0.2) is 14.6 Å². The highest BCUT2D eigenvalue weighted by molar-refractivity contribution is 5.42. The fraction of sp³-hybridized carbons (Fsp3) is 0. The minimum absolute atomic E-state index is 0.352. The molecule has 0 fully saturated rings. The van der Waals surface area contributed by atoms with E-state index in [1.165, 1.54) is 0 Å². The molecule has 0 aliphatic heterocycles. The molecule has 0 N–H and O–H groups in total. The first-order valence-electron chi connectivity index (χ1n) is 3.25. The van der Waals surface area contributed by atoms with E-state index in [0.29, 0.717) is 11.5 Å². The molecule has 6 nitrogen and oxygen atoms in total. The monoisotopic (exact) mass is 160 g/mol. The lowest BCUT2D eigenvalue weighted by Gasteiger charge is -1.91. The van der Waals surface area contributed by atoms with Crippen molar-refractivity contribution in [1.82, 2.24) is 14.6 Å². The van der Waals surface area contributed by atoms with E-state index in [-0.39, 0.29) is 0 Å². The summed E-state index contributed by atoms with van der Waals surface area (Å²) in [7, 11) is 0. The SMILES string of the molecule is [N-]=[N+]=Nc1ccn2nccc2n1. The first kappa shape index (κ1) is 6.63. The average molecular weight is 160 g/mol. The molecule has 0 aromatic carbocycles. The van der Waals surface area contributed by atoms with Gasteiger partial charge in [-0.3, -0.25) is 0 Å². The number of rotatable bonds is 1. The van der Waals surface area contributed by atoms with E-state index in [1.807, 2.05) is 0 Å². The molecule has 2 rings (SSSR count). The van der Waals surface area contributed by atoms with E-state index < -0.39 is 0 Å². The van der Waals surface area contributed by atoms with Crippen molar-refractivity contribution in [2.75, 3.05) is 0 Å². The zero-order valence-electron chi connectivity index (χ0n) is 5.99. The fourth-order valence-electron chi connectivity index (χ4n) is 0.904. The summed E-state index contributed by atoms with van der Waals surface area (Å²) in [5.41, 5.74) is 8.80. The lowest BCUT2D eigenvalue weighted by Crippen LogP contribution is -1.86. The predicted molar refractivity (Wildman–Crippen MR) is 41.8 cm³/mol. The maximum absolute atomic E-state index is 8.14. The quantitative estimate of drug-likeness (QED) is 0.361. The highest BCUT2D eigenvalue weighted by atomic mass is 15.3. The van der Waals surface area contributed by atoms with Gasteiger partial charge in [-0.2, -0.15) is 5.10 Å². The van der Waals surface area contributed by atoms with Crippen LogP contribution in [0.25, 0.3) is 16.1 Å². The molecule has 2 aromatic rings. The van der Waals surface area contributed by atoms with Gasteiger partial charge in [-0.15, -0.1) is 0 Å². The fourth-order valence-corrected chi connectivity index (χ4v) is 0.904. The highest BCUT2D eigenvalue weighted by Gasteiger charge is 1.94. The number of fused-ring (bicyclic) bond motifs is 1. The first-order chi connectivity index (χ1) is 5.90. The molecule has 2 heterocycles. The van der Waals surface area contributed by atoms with E-state index in [2.05, 4.69) is 20.1 Å². The van der Waals surface area contributed by atoms with Gasteiger partial charge in [0.25, 0.3) is 0 Å². The van der Waals surface area contributed by atoms with Crippen molar-refractivity contribution in [3.05, 3.63) is 35.0 Å². The highest BCUT2D eigenvalue weighted by Crippen LogP contribution is 2.08. The average Bonchev–Trinajstić information content (AvgIpc) is 2.51. The minimum Gasteiger partial charge on any atom is -0.227 e. The van der Waals surface area contributed by atoms with Gasteiger partial charge in [0.1, 0.15) is 5.82 Å². The summed E-state index contributed by atoms with van der Waals surface area (Å²) in [6.45, 7) is 0. The predicted octanol–water partition coefficient (Wildman–Crippen LogP) is 1.67. The van der Waals surface area contributed by atoms with Crippen LogP contribution in [0.5, 0.6) is 0 Å². The molecule has 0 atom stereocenters. The lowest BCUT2D eigenvalue weighted by atomic mass is 10.6. The van der Waals surface area contributed by atoms with E-state index in [0.717, 1.165) is 0 Å². The van der Waals surface area contributed by atoms with E-state index >= 15 is 0 Å². The maximum Gasteiger partial charge on any atom is 0.155 e. The molecule has 12 heavy (non-hydrogen) atoms. The lowest BCUT2D eigenvalue weighted by molar-refractivity contribution is 0.938. The van der Waals surface area contributed by atoms with Gasteiger partial charge >= 0.3 is 0 Å². The number of azide groups is 1. The minimum atomic E-state index is 0.352.